The maximum Gasteiger partial charge on any atom is 0.164 e. The lowest BCUT2D eigenvalue weighted by Crippen LogP contribution is -2.28. The standard InChI is InChI=1S/C53H34N4/c54-35-36-21-31-46-47-32-30-43(34-49(47)53(48(46)33-36,44-17-9-3-10-18-44)45-19-11-4-12-20-45)52-56-50(41-26-22-39(23-27-41)37-13-5-1-6-14-37)55-51(57-52)42-28-24-40(25-29-42)38-15-7-2-8-16-38/h1-34H. The van der Waals surface area contributed by atoms with Crippen molar-refractivity contribution in [2.75, 3.05) is 0 Å². The molecule has 0 spiro atoms. The third kappa shape index (κ3) is 5.90. The van der Waals surface area contributed by atoms with Crippen LogP contribution in [0.3, 0.4) is 0 Å². The Labute approximate surface area is 332 Å². The minimum Gasteiger partial charge on any atom is -0.208 e. The molecule has 57 heavy (non-hydrogen) atoms. The van der Waals surface area contributed by atoms with Gasteiger partial charge in [-0.2, -0.15) is 5.26 Å². The topological polar surface area (TPSA) is 62.5 Å². The number of nitriles is 1. The van der Waals surface area contributed by atoms with Crippen molar-refractivity contribution in [3.8, 4) is 73.6 Å². The van der Waals surface area contributed by atoms with E-state index in [1.54, 1.807) is 0 Å². The molecule has 10 rings (SSSR count). The van der Waals surface area contributed by atoms with Gasteiger partial charge in [-0.1, -0.05) is 188 Å². The van der Waals surface area contributed by atoms with Gasteiger partial charge in [-0.05, 0) is 73.8 Å². The zero-order chi connectivity index (χ0) is 38.2. The fourth-order valence-electron chi connectivity index (χ4n) is 8.35. The van der Waals surface area contributed by atoms with Crippen LogP contribution in [0, 0.1) is 11.3 Å². The number of hydrogen-bond donors (Lipinski definition) is 0. The molecular formula is C53H34N4. The van der Waals surface area contributed by atoms with E-state index < -0.39 is 5.41 Å². The number of hydrogen-bond acceptors (Lipinski definition) is 4. The summed E-state index contributed by atoms with van der Waals surface area (Å²) in [5.74, 6) is 1.78. The second-order valence-electron chi connectivity index (χ2n) is 14.3. The van der Waals surface area contributed by atoms with Crippen molar-refractivity contribution in [1.82, 2.24) is 15.0 Å². The summed E-state index contributed by atoms with van der Waals surface area (Å²) in [7, 11) is 0. The number of nitrogens with zero attached hydrogens (tertiary/aromatic N) is 4. The van der Waals surface area contributed by atoms with E-state index in [1.165, 1.54) is 0 Å². The van der Waals surface area contributed by atoms with E-state index in [9.17, 15) is 5.26 Å². The highest BCUT2D eigenvalue weighted by atomic mass is 15.0. The Hall–Kier alpha value is -7.74. The first-order valence-corrected chi connectivity index (χ1v) is 19.1. The lowest BCUT2D eigenvalue weighted by molar-refractivity contribution is 0.768. The van der Waals surface area contributed by atoms with Gasteiger partial charge in [0.15, 0.2) is 17.5 Å². The first kappa shape index (κ1) is 33.8. The minimum absolute atomic E-state index is 0.584. The van der Waals surface area contributed by atoms with Crippen molar-refractivity contribution in [2.24, 2.45) is 0 Å². The van der Waals surface area contributed by atoms with Crippen molar-refractivity contribution in [2.45, 2.75) is 5.41 Å². The van der Waals surface area contributed by atoms with E-state index in [-0.39, 0.29) is 0 Å². The summed E-state index contributed by atoms with van der Waals surface area (Å²) < 4.78 is 0. The van der Waals surface area contributed by atoms with Crippen LogP contribution in [0.4, 0.5) is 0 Å². The molecule has 266 valence electrons. The van der Waals surface area contributed by atoms with Crippen LogP contribution in [0.25, 0.3) is 67.5 Å². The maximum atomic E-state index is 10.1. The Kier molecular flexibility index (Phi) is 8.39. The molecule has 1 aliphatic rings. The molecule has 4 nitrogen and oxygen atoms in total. The molecule has 0 saturated heterocycles. The first-order chi connectivity index (χ1) is 28.2. The molecule has 0 N–H and O–H groups in total. The fourth-order valence-corrected chi connectivity index (χ4v) is 8.35. The van der Waals surface area contributed by atoms with Crippen LogP contribution in [0.15, 0.2) is 206 Å². The van der Waals surface area contributed by atoms with Crippen molar-refractivity contribution in [3.05, 3.63) is 234 Å². The summed E-state index contributed by atoms with van der Waals surface area (Å²) in [6.45, 7) is 0. The SMILES string of the molecule is N#Cc1ccc2c(c1)C(c1ccccc1)(c1ccccc1)c1cc(-c3nc(-c4ccc(-c5ccccc5)cc4)nc(-c4ccc(-c5ccccc5)cc4)n3)ccc1-2. The van der Waals surface area contributed by atoms with Crippen LogP contribution in [0.5, 0.6) is 0 Å². The van der Waals surface area contributed by atoms with Gasteiger partial charge in [-0.25, -0.2) is 15.0 Å². The van der Waals surface area contributed by atoms with Gasteiger partial charge in [0.1, 0.15) is 0 Å². The lowest BCUT2D eigenvalue weighted by Gasteiger charge is -2.34. The predicted octanol–water partition coefficient (Wildman–Crippen LogP) is 12.4. The largest absolute Gasteiger partial charge is 0.208 e. The molecule has 1 aromatic heterocycles. The van der Waals surface area contributed by atoms with Gasteiger partial charge in [0.05, 0.1) is 17.0 Å². The van der Waals surface area contributed by atoms with Gasteiger partial charge >= 0.3 is 0 Å². The minimum atomic E-state index is -0.685. The molecule has 0 saturated carbocycles. The average Bonchev–Trinajstić information content (AvgIpc) is 3.59. The van der Waals surface area contributed by atoms with E-state index in [2.05, 4.69) is 182 Å². The Bertz CT molecular complexity index is 2780. The van der Waals surface area contributed by atoms with Crippen LogP contribution < -0.4 is 0 Å². The average molecular weight is 727 g/mol. The van der Waals surface area contributed by atoms with Gasteiger partial charge in [0, 0.05) is 16.7 Å². The third-order valence-electron chi connectivity index (χ3n) is 11.1. The highest BCUT2D eigenvalue weighted by molar-refractivity contribution is 5.88. The molecule has 1 heterocycles. The number of fused-ring (bicyclic) bond motifs is 3. The molecule has 4 heteroatoms. The zero-order valence-corrected chi connectivity index (χ0v) is 30.9. The van der Waals surface area contributed by atoms with E-state index in [0.29, 0.717) is 23.0 Å². The highest BCUT2D eigenvalue weighted by Crippen LogP contribution is 2.57. The second kappa shape index (κ2) is 14.2. The predicted molar refractivity (Wildman–Crippen MR) is 229 cm³/mol. The molecule has 9 aromatic rings. The molecule has 8 aromatic carbocycles. The fraction of sp³-hybridized carbons (Fsp3) is 0.0189. The van der Waals surface area contributed by atoms with Crippen molar-refractivity contribution < 1.29 is 0 Å². The Morgan fingerprint density at radius 1 is 0.333 bits per heavy atom. The van der Waals surface area contributed by atoms with Crippen molar-refractivity contribution >= 4 is 0 Å². The van der Waals surface area contributed by atoms with E-state index in [4.69, 9.17) is 15.0 Å². The Morgan fingerprint density at radius 2 is 0.684 bits per heavy atom. The smallest absolute Gasteiger partial charge is 0.164 e. The van der Waals surface area contributed by atoms with Crippen LogP contribution in [-0.4, -0.2) is 15.0 Å². The monoisotopic (exact) mass is 726 g/mol. The summed E-state index contributed by atoms with van der Waals surface area (Å²) >= 11 is 0. The molecule has 0 aliphatic heterocycles. The molecule has 0 amide bonds. The summed E-state index contributed by atoms with van der Waals surface area (Å²) in [5.41, 5.74) is 13.9. The van der Waals surface area contributed by atoms with Crippen LogP contribution in [0.2, 0.25) is 0 Å². The van der Waals surface area contributed by atoms with Gasteiger partial charge < -0.3 is 0 Å². The van der Waals surface area contributed by atoms with Gasteiger partial charge in [-0.15, -0.1) is 0 Å². The molecule has 0 radical (unpaired) electrons. The highest BCUT2D eigenvalue weighted by Gasteiger charge is 2.46. The van der Waals surface area contributed by atoms with Gasteiger partial charge in [0.2, 0.25) is 0 Å². The van der Waals surface area contributed by atoms with E-state index in [1.807, 2.05) is 30.3 Å². The van der Waals surface area contributed by atoms with Crippen molar-refractivity contribution in [3.63, 3.8) is 0 Å². The Balaban J connectivity index is 1.17. The molecule has 0 unspecified atom stereocenters. The van der Waals surface area contributed by atoms with E-state index >= 15 is 0 Å². The lowest BCUT2D eigenvalue weighted by atomic mass is 9.67. The Morgan fingerprint density at radius 3 is 1.14 bits per heavy atom. The van der Waals surface area contributed by atoms with Crippen LogP contribution >= 0.6 is 0 Å². The maximum absolute atomic E-state index is 10.1. The molecular weight excluding hydrogens is 693 g/mol. The molecule has 0 atom stereocenters. The molecule has 0 fully saturated rings. The third-order valence-corrected chi connectivity index (χ3v) is 11.1. The molecule has 1 aliphatic carbocycles. The normalized spacial score (nSPS) is 12.3. The number of rotatable bonds is 7. The second-order valence-corrected chi connectivity index (χ2v) is 14.3. The molecule has 0 bridgehead atoms. The first-order valence-electron chi connectivity index (χ1n) is 19.1. The summed E-state index contributed by atoms with van der Waals surface area (Å²) in [6.07, 6.45) is 0. The van der Waals surface area contributed by atoms with Crippen LogP contribution in [-0.2, 0) is 5.41 Å². The summed E-state index contributed by atoms with van der Waals surface area (Å²) in [6, 6.07) is 73.8. The van der Waals surface area contributed by atoms with Crippen LogP contribution in [0.1, 0.15) is 27.8 Å². The quantitative estimate of drug-likeness (QED) is 0.164. The van der Waals surface area contributed by atoms with Crippen molar-refractivity contribution in [1.29, 1.82) is 5.26 Å². The number of aromatic nitrogens is 3. The van der Waals surface area contributed by atoms with Gasteiger partial charge in [0.25, 0.3) is 0 Å². The summed E-state index contributed by atoms with van der Waals surface area (Å²) in [5, 5.41) is 10.1. The van der Waals surface area contributed by atoms with Gasteiger partial charge in [-0.3, -0.25) is 0 Å². The number of benzene rings is 8. The van der Waals surface area contributed by atoms with E-state index in [0.717, 1.165) is 72.3 Å². The summed E-state index contributed by atoms with van der Waals surface area (Å²) in [4.78, 5) is 15.5. The zero-order valence-electron chi connectivity index (χ0n) is 30.9.